The average molecular weight is 921 g/mol. The maximum atomic E-state index is 7.32. The van der Waals surface area contributed by atoms with E-state index in [2.05, 4.69) is 209 Å². The van der Waals surface area contributed by atoms with Gasteiger partial charge in [-0.25, -0.2) is 19.9 Å². The van der Waals surface area contributed by atoms with Crippen LogP contribution in [-0.4, -0.2) is 36.0 Å². The SMILES string of the molecule is c1ccc(-c2nc3cccc(B4Oc5ccc(-c6ccc(-c7nc8ccccc8n7-c7ccccc7)cc6)cc5-c5ccc(-c6nc7ccccc7n6-c6ccccc6)cc54)c3nc2-c2ccccc2)cc1. The molecule has 0 amide bonds. The molecule has 336 valence electrons. The first-order chi connectivity index (χ1) is 35.7. The summed E-state index contributed by atoms with van der Waals surface area (Å²) in [6.07, 6.45) is 0. The van der Waals surface area contributed by atoms with Crippen molar-refractivity contribution < 1.29 is 4.65 Å². The van der Waals surface area contributed by atoms with Crippen molar-refractivity contribution >= 4 is 50.9 Å². The number of para-hydroxylation sites is 7. The molecule has 0 fully saturated rings. The van der Waals surface area contributed by atoms with Gasteiger partial charge in [0, 0.05) is 39.2 Å². The minimum Gasteiger partial charge on any atom is -0.551 e. The number of imidazole rings is 2. The number of fused-ring (bicyclic) bond motifs is 6. The molecule has 0 atom stereocenters. The molecule has 1 aliphatic heterocycles. The number of hydrogen-bond donors (Lipinski definition) is 0. The van der Waals surface area contributed by atoms with Crippen LogP contribution in [0.1, 0.15) is 0 Å². The number of rotatable bonds is 8. The molecule has 0 bridgehead atoms. The summed E-state index contributed by atoms with van der Waals surface area (Å²) in [4.78, 5) is 21.3. The maximum Gasteiger partial charge on any atom is 0.429 e. The van der Waals surface area contributed by atoms with Crippen LogP contribution in [-0.2, 0) is 0 Å². The van der Waals surface area contributed by atoms with E-state index >= 15 is 0 Å². The fourth-order valence-corrected chi connectivity index (χ4v) is 10.4. The molecule has 8 heteroatoms. The Balaban J connectivity index is 0.928. The Bertz CT molecular complexity index is 4180. The van der Waals surface area contributed by atoms with E-state index in [-0.39, 0.29) is 0 Å². The lowest BCUT2D eigenvalue weighted by molar-refractivity contribution is 0.591. The monoisotopic (exact) mass is 920 g/mol. The number of nitrogens with zero attached hydrogens (tertiary/aromatic N) is 6. The van der Waals surface area contributed by atoms with Crippen molar-refractivity contribution in [1.29, 1.82) is 0 Å². The van der Waals surface area contributed by atoms with Gasteiger partial charge in [0.15, 0.2) is 0 Å². The number of hydrogen-bond acceptors (Lipinski definition) is 5. The van der Waals surface area contributed by atoms with Crippen LogP contribution in [0.5, 0.6) is 5.75 Å². The van der Waals surface area contributed by atoms with Crippen LogP contribution >= 0.6 is 0 Å². The molecule has 1 aliphatic rings. The predicted octanol–water partition coefficient (Wildman–Crippen LogP) is 13.8. The molecule has 13 aromatic rings. The van der Waals surface area contributed by atoms with Gasteiger partial charge in [-0.05, 0) is 94.3 Å². The van der Waals surface area contributed by atoms with Crippen LogP contribution in [0.3, 0.4) is 0 Å². The summed E-state index contributed by atoms with van der Waals surface area (Å²) in [7, 11) is 0. The molecule has 7 nitrogen and oxygen atoms in total. The molecule has 0 radical (unpaired) electrons. The zero-order valence-corrected chi connectivity index (χ0v) is 38.8. The van der Waals surface area contributed by atoms with Gasteiger partial charge < -0.3 is 4.65 Å². The third kappa shape index (κ3) is 6.99. The van der Waals surface area contributed by atoms with Gasteiger partial charge in [0.2, 0.25) is 0 Å². The first-order valence-electron chi connectivity index (χ1n) is 24.2. The average Bonchev–Trinajstić information content (AvgIpc) is 4.05. The van der Waals surface area contributed by atoms with Gasteiger partial charge in [-0.2, -0.15) is 0 Å². The normalized spacial score (nSPS) is 12.0. The fraction of sp³-hybridized carbons (Fsp3) is 0. The molecule has 14 rings (SSSR count). The molecular formula is C64H41BN6O. The second-order valence-corrected chi connectivity index (χ2v) is 18.1. The molecular weight excluding hydrogens is 880 g/mol. The topological polar surface area (TPSA) is 70.7 Å². The highest BCUT2D eigenvalue weighted by Crippen LogP contribution is 2.40. The highest BCUT2D eigenvalue weighted by atomic mass is 16.4. The summed E-state index contributed by atoms with van der Waals surface area (Å²) in [5.74, 6) is 2.54. The Kier molecular flexibility index (Phi) is 9.81. The van der Waals surface area contributed by atoms with Crippen molar-refractivity contribution in [1.82, 2.24) is 29.1 Å². The van der Waals surface area contributed by atoms with Crippen LogP contribution in [0, 0.1) is 0 Å². The lowest BCUT2D eigenvalue weighted by Gasteiger charge is -2.28. The minimum absolute atomic E-state index is 0.528. The van der Waals surface area contributed by atoms with E-state index in [9.17, 15) is 0 Å². The standard InChI is InChI=1S/C64H41BN6O/c1-5-18-43(19-6-1)60-61(44-20-7-2-8-21-44)69-62-52(26-17-29-56(62)66-60)65-53-41-47(64-68-55-28-14-16-31-58(55)71(64)49-24-11-4-12-25-49)36-38-50(53)51-40-46(37-39-59(51)72-65)42-32-34-45(35-33-42)63-67-54-27-13-15-30-57(54)70(63)48-22-9-3-10-23-48/h1-41H. The first kappa shape index (κ1) is 41.3. The summed E-state index contributed by atoms with van der Waals surface area (Å²) in [6, 6.07) is 86.5. The van der Waals surface area contributed by atoms with Gasteiger partial charge in [0.25, 0.3) is 0 Å². The smallest absolute Gasteiger partial charge is 0.429 e. The van der Waals surface area contributed by atoms with Gasteiger partial charge in [-0.3, -0.25) is 9.13 Å². The molecule has 0 aliphatic carbocycles. The molecule has 0 N–H and O–H groups in total. The van der Waals surface area contributed by atoms with Crippen molar-refractivity contribution in [2.24, 2.45) is 0 Å². The van der Waals surface area contributed by atoms with E-state index in [1.54, 1.807) is 0 Å². The van der Waals surface area contributed by atoms with Crippen molar-refractivity contribution in [3.05, 3.63) is 249 Å². The van der Waals surface area contributed by atoms with Crippen molar-refractivity contribution in [3.63, 3.8) is 0 Å². The van der Waals surface area contributed by atoms with Gasteiger partial charge in [0.1, 0.15) is 17.4 Å². The summed E-state index contributed by atoms with van der Waals surface area (Å²) in [5.41, 5.74) is 19.5. The van der Waals surface area contributed by atoms with Crippen LogP contribution < -0.4 is 15.6 Å². The zero-order chi connectivity index (χ0) is 47.5. The number of benzene rings is 10. The molecule has 0 spiro atoms. The van der Waals surface area contributed by atoms with E-state index < -0.39 is 6.92 Å². The van der Waals surface area contributed by atoms with Crippen LogP contribution in [0.25, 0.3) is 112 Å². The highest BCUT2D eigenvalue weighted by Gasteiger charge is 2.36. The second kappa shape index (κ2) is 17.1. The summed E-state index contributed by atoms with van der Waals surface area (Å²) >= 11 is 0. The van der Waals surface area contributed by atoms with Crippen molar-refractivity contribution in [2.75, 3.05) is 0 Å². The molecule has 4 heterocycles. The molecule has 10 aromatic carbocycles. The summed E-state index contributed by atoms with van der Waals surface area (Å²) in [5, 5.41) is 0. The van der Waals surface area contributed by atoms with E-state index in [1.807, 2.05) is 48.5 Å². The fourth-order valence-electron chi connectivity index (χ4n) is 10.4. The Labute approximate surface area is 416 Å². The molecule has 3 aromatic heterocycles. The van der Waals surface area contributed by atoms with E-state index in [4.69, 9.17) is 24.6 Å². The van der Waals surface area contributed by atoms with Crippen LogP contribution in [0.15, 0.2) is 249 Å². The molecule has 72 heavy (non-hydrogen) atoms. The Morgan fingerprint density at radius 1 is 0.319 bits per heavy atom. The van der Waals surface area contributed by atoms with Crippen molar-refractivity contribution in [2.45, 2.75) is 0 Å². The van der Waals surface area contributed by atoms with E-state index in [1.165, 1.54) is 0 Å². The Morgan fingerprint density at radius 2 is 0.819 bits per heavy atom. The lowest BCUT2D eigenvalue weighted by atomic mass is 9.51. The van der Waals surface area contributed by atoms with Gasteiger partial charge in [0.05, 0.1) is 44.5 Å². The van der Waals surface area contributed by atoms with Crippen molar-refractivity contribution in [3.8, 4) is 84.7 Å². The summed E-state index contributed by atoms with van der Waals surface area (Å²) in [6.45, 7) is -0.528. The minimum atomic E-state index is -0.528. The predicted molar refractivity (Wildman–Crippen MR) is 294 cm³/mol. The first-order valence-corrected chi connectivity index (χ1v) is 24.2. The largest absolute Gasteiger partial charge is 0.551 e. The van der Waals surface area contributed by atoms with Gasteiger partial charge in [-0.1, -0.05) is 182 Å². The van der Waals surface area contributed by atoms with Gasteiger partial charge in [-0.15, -0.1) is 0 Å². The maximum absolute atomic E-state index is 7.32. The second-order valence-electron chi connectivity index (χ2n) is 18.1. The van der Waals surface area contributed by atoms with E-state index in [0.717, 1.165) is 129 Å². The quantitative estimate of drug-likeness (QED) is 0.142. The van der Waals surface area contributed by atoms with Crippen LogP contribution in [0.2, 0.25) is 0 Å². The molecule has 0 unspecified atom stereocenters. The van der Waals surface area contributed by atoms with Gasteiger partial charge >= 0.3 is 6.92 Å². The summed E-state index contributed by atoms with van der Waals surface area (Å²) < 4.78 is 11.8. The molecule has 0 saturated carbocycles. The Hall–Kier alpha value is -9.66. The number of aromatic nitrogens is 6. The third-order valence-corrected chi connectivity index (χ3v) is 13.8. The van der Waals surface area contributed by atoms with E-state index in [0.29, 0.717) is 0 Å². The Morgan fingerprint density at radius 3 is 1.44 bits per heavy atom. The highest BCUT2D eigenvalue weighted by molar-refractivity contribution is 6.84. The van der Waals surface area contributed by atoms with Crippen LogP contribution in [0.4, 0.5) is 0 Å². The lowest BCUT2D eigenvalue weighted by Crippen LogP contribution is -2.51. The molecule has 0 saturated heterocycles. The zero-order valence-electron chi connectivity index (χ0n) is 38.8. The third-order valence-electron chi connectivity index (χ3n) is 13.8.